The molecule has 2 rings (SSSR count). The maximum atomic E-state index is 9.92. The molecule has 0 spiro atoms. The predicted molar refractivity (Wildman–Crippen MR) is 79.2 cm³/mol. The van der Waals surface area contributed by atoms with Gasteiger partial charge in [0.05, 0.1) is 6.61 Å². The van der Waals surface area contributed by atoms with Gasteiger partial charge in [0.2, 0.25) is 0 Å². The molecule has 5 atom stereocenters. The van der Waals surface area contributed by atoms with E-state index in [1.54, 1.807) is 12.1 Å². The van der Waals surface area contributed by atoms with E-state index in [0.29, 0.717) is 5.69 Å². The van der Waals surface area contributed by atoms with Crippen molar-refractivity contribution in [3.8, 4) is 0 Å². The quantitative estimate of drug-likeness (QED) is 0.493. The fourth-order valence-corrected chi connectivity index (χ4v) is 3.32. The Morgan fingerprint density at radius 1 is 1.00 bits per heavy atom. The van der Waals surface area contributed by atoms with E-state index in [-0.39, 0.29) is 0 Å². The van der Waals surface area contributed by atoms with Gasteiger partial charge in [0.25, 0.3) is 0 Å². The third-order valence-corrected chi connectivity index (χ3v) is 3.98. The minimum atomic E-state index is -1.39. The van der Waals surface area contributed by atoms with Crippen LogP contribution in [0.5, 0.6) is 0 Å². The molecule has 0 bridgehead atoms. The molecule has 1 saturated heterocycles. The Kier molecular flexibility index (Phi) is 5.41. The maximum absolute atomic E-state index is 9.92. The highest BCUT2D eigenvalue weighted by Crippen LogP contribution is 2.27. The fourth-order valence-electron chi connectivity index (χ4n) is 2.02. The Labute approximate surface area is 132 Å². The third kappa shape index (κ3) is 3.51. The van der Waals surface area contributed by atoms with Crippen LogP contribution in [0.15, 0.2) is 27.1 Å². The zero-order valence-corrected chi connectivity index (χ0v) is 13.5. The second-order valence-corrected chi connectivity index (χ2v) is 6.38. The van der Waals surface area contributed by atoms with Crippen molar-refractivity contribution in [1.82, 2.24) is 0 Å². The van der Waals surface area contributed by atoms with Crippen LogP contribution in [0.25, 0.3) is 0 Å². The molecule has 0 aromatic heterocycles. The standard InChI is InChI=1S/C12H15Br2NO5/c13-5-1-6(14)3-7(2-5)15-12-11(19)10(18)9(17)8(4-16)20-12/h1-3,8-12,15-19H,4H2/t8-,9-,10+,11-,12?/m1/s1. The zero-order valence-electron chi connectivity index (χ0n) is 10.3. The van der Waals surface area contributed by atoms with E-state index in [2.05, 4.69) is 37.2 Å². The van der Waals surface area contributed by atoms with Gasteiger partial charge in [0.1, 0.15) is 24.4 Å². The Morgan fingerprint density at radius 3 is 2.15 bits per heavy atom. The average Bonchev–Trinajstić information content (AvgIpc) is 2.38. The van der Waals surface area contributed by atoms with Gasteiger partial charge in [0.15, 0.2) is 6.23 Å². The van der Waals surface area contributed by atoms with Gasteiger partial charge in [-0.1, -0.05) is 31.9 Å². The molecular weight excluding hydrogens is 398 g/mol. The third-order valence-electron chi connectivity index (χ3n) is 3.06. The number of hydrogen-bond donors (Lipinski definition) is 5. The van der Waals surface area contributed by atoms with Crippen LogP contribution in [-0.4, -0.2) is 57.7 Å². The molecule has 0 aliphatic carbocycles. The van der Waals surface area contributed by atoms with E-state index in [9.17, 15) is 15.3 Å². The Bertz CT molecular complexity index is 453. The van der Waals surface area contributed by atoms with Crippen LogP contribution >= 0.6 is 31.9 Å². The molecule has 0 amide bonds. The summed E-state index contributed by atoms with van der Waals surface area (Å²) in [5, 5.41) is 41.3. The lowest BCUT2D eigenvalue weighted by molar-refractivity contribution is -0.221. The van der Waals surface area contributed by atoms with E-state index in [1.165, 1.54) is 0 Å². The van der Waals surface area contributed by atoms with Crippen molar-refractivity contribution in [3.05, 3.63) is 27.1 Å². The highest BCUT2D eigenvalue weighted by atomic mass is 79.9. The van der Waals surface area contributed by atoms with Crippen LogP contribution in [0.1, 0.15) is 0 Å². The lowest BCUT2D eigenvalue weighted by atomic mass is 9.98. The minimum Gasteiger partial charge on any atom is -0.394 e. The lowest BCUT2D eigenvalue weighted by Crippen LogP contribution is -2.60. The number of nitrogens with one attached hydrogen (secondary N) is 1. The molecule has 1 fully saturated rings. The van der Waals surface area contributed by atoms with Crippen LogP contribution in [0.3, 0.4) is 0 Å². The van der Waals surface area contributed by atoms with Crippen molar-refractivity contribution in [2.45, 2.75) is 30.6 Å². The minimum absolute atomic E-state index is 0.453. The van der Waals surface area contributed by atoms with Crippen LogP contribution < -0.4 is 5.32 Å². The Morgan fingerprint density at radius 2 is 1.60 bits per heavy atom. The largest absolute Gasteiger partial charge is 0.394 e. The van der Waals surface area contributed by atoms with Gasteiger partial charge in [-0.2, -0.15) is 0 Å². The summed E-state index contributed by atoms with van der Waals surface area (Å²) in [5.74, 6) is 0. The summed E-state index contributed by atoms with van der Waals surface area (Å²) in [6, 6.07) is 5.39. The second-order valence-electron chi connectivity index (χ2n) is 4.55. The van der Waals surface area contributed by atoms with E-state index in [1.807, 2.05) is 6.07 Å². The van der Waals surface area contributed by atoms with Gasteiger partial charge < -0.3 is 30.5 Å². The molecule has 6 nitrogen and oxygen atoms in total. The lowest BCUT2D eigenvalue weighted by Gasteiger charge is -2.40. The first-order valence-electron chi connectivity index (χ1n) is 5.95. The summed E-state index contributed by atoms with van der Waals surface area (Å²) in [6.45, 7) is -0.453. The molecule has 5 N–H and O–H groups in total. The molecule has 1 heterocycles. The van der Waals surface area contributed by atoms with Gasteiger partial charge >= 0.3 is 0 Å². The number of ether oxygens (including phenoxy) is 1. The number of benzene rings is 1. The molecule has 1 aliphatic heterocycles. The topological polar surface area (TPSA) is 102 Å². The molecule has 20 heavy (non-hydrogen) atoms. The number of hydrogen-bond acceptors (Lipinski definition) is 6. The molecule has 8 heteroatoms. The van der Waals surface area contributed by atoms with Crippen molar-refractivity contribution in [2.75, 3.05) is 11.9 Å². The summed E-state index contributed by atoms with van der Waals surface area (Å²) in [7, 11) is 0. The van der Waals surface area contributed by atoms with Crippen molar-refractivity contribution in [1.29, 1.82) is 0 Å². The molecule has 1 aromatic carbocycles. The van der Waals surface area contributed by atoms with Crippen molar-refractivity contribution < 1.29 is 25.2 Å². The van der Waals surface area contributed by atoms with Crippen molar-refractivity contribution >= 4 is 37.5 Å². The van der Waals surface area contributed by atoms with Crippen LogP contribution in [0, 0.1) is 0 Å². The summed E-state index contributed by atoms with van der Waals surface area (Å²) in [6.07, 6.45) is -5.94. The number of rotatable bonds is 3. The van der Waals surface area contributed by atoms with Crippen LogP contribution in [-0.2, 0) is 4.74 Å². The monoisotopic (exact) mass is 411 g/mol. The van der Waals surface area contributed by atoms with Crippen molar-refractivity contribution in [3.63, 3.8) is 0 Å². The summed E-state index contributed by atoms with van der Waals surface area (Å²) in [5.41, 5.74) is 0.649. The van der Waals surface area contributed by atoms with Crippen LogP contribution in [0.4, 0.5) is 5.69 Å². The predicted octanol–water partition coefficient (Wildman–Crippen LogP) is 0.423. The number of anilines is 1. The van der Waals surface area contributed by atoms with Crippen LogP contribution in [0.2, 0.25) is 0 Å². The van der Waals surface area contributed by atoms with E-state index < -0.39 is 37.3 Å². The van der Waals surface area contributed by atoms with E-state index >= 15 is 0 Å². The highest BCUT2D eigenvalue weighted by Gasteiger charge is 2.43. The summed E-state index contributed by atoms with van der Waals surface area (Å²) in [4.78, 5) is 0. The first kappa shape index (κ1) is 16.2. The first-order chi connectivity index (χ1) is 9.42. The molecule has 0 radical (unpaired) electrons. The van der Waals surface area contributed by atoms with Crippen molar-refractivity contribution in [2.24, 2.45) is 0 Å². The van der Waals surface area contributed by atoms with Gasteiger partial charge in [-0.25, -0.2) is 0 Å². The van der Waals surface area contributed by atoms with E-state index in [4.69, 9.17) is 9.84 Å². The number of aliphatic hydroxyl groups is 4. The second kappa shape index (κ2) is 6.69. The smallest absolute Gasteiger partial charge is 0.157 e. The molecule has 1 unspecified atom stereocenters. The molecular formula is C12H15Br2NO5. The van der Waals surface area contributed by atoms with Gasteiger partial charge in [0, 0.05) is 14.6 Å². The summed E-state index contributed by atoms with van der Waals surface area (Å²) >= 11 is 6.67. The van der Waals surface area contributed by atoms with Gasteiger partial charge in [-0.15, -0.1) is 0 Å². The first-order valence-corrected chi connectivity index (χ1v) is 7.54. The number of aliphatic hydroxyl groups excluding tert-OH is 4. The number of halogens is 2. The molecule has 1 aliphatic rings. The SMILES string of the molecule is OC[C@H]1OC(Nc2cc(Br)cc(Br)c2)[C@H](O)[C@@H](O)[C@@H]1O. The Balaban J connectivity index is 2.15. The normalized spacial score (nSPS) is 34.0. The maximum Gasteiger partial charge on any atom is 0.157 e. The summed E-state index contributed by atoms with van der Waals surface area (Å²) < 4.78 is 7.00. The average molecular weight is 413 g/mol. The van der Waals surface area contributed by atoms with E-state index in [0.717, 1.165) is 8.95 Å². The highest BCUT2D eigenvalue weighted by molar-refractivity contribution is 9.11. The molecule has 0 saturated carbocycles. The zero-order chi connectivity index (χ0) is 14.9. The molecule has 112 valence electrons. The van der Waals surface area contributed by atoms with Gasteiger partial charge in [-0.05, 0) is 18.2 Å². The fraction of sp³-hybridized carbons (Fsp3) is 0.500. The Hall–Kier alpha value is -0.220. The molecule has 1 aromatic rings. The van der Waals surface area contributed by atoms with Gasteiger partial charge in [-0.3, -0.25) is 0 Å².